The first kappa shape index (κ1) is 24.4. The number of carbonyl (C=O) groups excluding carboxylic acids is 1. The van der Waals surface area contributed by atoms with Crippen LogP contribution in [0.15, 0.2) is 36.4 Å². The van der Waals surface area contributed by atoms with E-state index in [0.717, 1.165) is 17.2 Å². The molecule has 10 heteroatoms. The van der Waals surface area contributed by atoms with Crippen molar-refractivity contribution in [1.29, 1.82) is 0 Å². The van der Waals surface area contributed by atoms with Gasteiger partial charge in [0, 0.05) is 0 Å². The summed E-state index contributed by atoms with van der Waals surface area (Å²) in [5.74, 6) is -0.781. The van der Waals surface area contributed by atoms with Crippen molar-refractivity contribution in [3.8, 4) is 11.5 Å². The molecular weight excluding hydrogens is 428 g/mol. The molecule has 0 heterocycles. The number of aryl methyl sites for hydroxylation is 1. The lowest BCUT2D eigenvalue weighted by Gasteiger charge is -2.17. The number of alkyl halides is 6. The summed E-state index contributed by atoms with van der Waals surface area (Å²) in [7, 11) is 0. The molecule has 0 saturated heterocycles. The molecule has 0 aliphatic heterocycles. The van der Waals surface area contributed by atoms with Crippen molar-refractivity contribution in [3.63, 3.8) is 0 Å². The summed E-state index contributed by atoms with van der Waals surface area (Å²) in [5.41, 5.74) is 0.0103. The molecule has 2 aromatic rings. The number of hydrogen-bond donors (Lipinski definition) is 1. The number of ether oxygens (including phenoxy) is 2. The molecule has 0 aliphatic carbocycles. The van der Waals surface area contributed by atoms with Crippen LogP contribution in [-0.2, 0) is 11.0 Å². The summed E-state index contributed by atoms with van der Waals surface area (Å²) < 4.78 is 86.2. The lowest BCUT2D eigenvalue weighted by atomic mass is 10.0. The van der Waals surface area contributed by atoms with Gasteiger partial charge in [-0.25, -0.2) is 0 Å². The Balaban J connectivity index is 2.17. The number of carbonyl (C=O) groups is 1. The Morgan fingerprint density at radius 1 is 0.968 bits per heavy atom. The maximum atomic E-state index is 13.0. The zero-order valence-electron chi connectivity index (χ0n) is 16.9. The number of nitrogens with one attached hydrogen (secondary N) is 1. The van der Waals surface area contributed by atoms with Gasteiger partial charge in [0.05, 0.1) is 11.3 Å². The van der Waals surface area contributed by atoms with E-state index in [1.165, 1.54) is 0 Å². The molecular formula is C21H21F6NO3. The Labute approximate surface area is 175 Å². The molecule has 2 rings (SSSR count). The SMILES string of the molecule is Cc1ccc(C(C)C)cc1OCC(=O)Nc1cc(C(F)(F)F)ccc1OCC(F)(F)F. The first-order valence-electron chi connectivity index (χ1n) is 9.20. The van der Waals surface area contributed by atoms with Crippen molar-refractivity contribution < 1.29 is 40.6 Å². The minimum Gasteiger partial charge on any atom is -0.483 e. The highest BCUT2D eigenvalue weighted by Crippen LogP contribution is 2.35. The second-order valence-electron chi connectivity index (χ2n) is 7.13. The summed E-state index contributed by atoms with van der Waals surface area (Å²) in [6.45, 7) is 3.41. The van der Waals surface area contributed by atoms with Crippen LogP contribution in [0.3, 0.4) is 0 Å². The Hall–Kier alpha value is -2.91. The number of benzene rings is 2. The van der Waals surface area contributed by atoms with Gasteiger partial charge in [-0.3, -0.25) is 4.79 Å². The van der Waals surface area contributed by atoms with Crippen molar-refractivity contribution in [2.45, 2.75) is 39.0 Å². The molecule has 0 spiro atoms. The Morgan fingerprint density at radius 3 is 2.23 bits per heavy atom. The third kappa shape index (κ3) is 7.37. The third-order valence-electron chi connectivity index (χ3n) is 4.21. The van der Waals surface area contributed by atoms with Crippen LogP contribution < -0.4 is 14.8 Å². The quantitative estimate of drug-likeness (QED) is 0.520. The Bertz CT molecular complexity index is 922. The molecule has 0 aromatic heterocycles. The van der Waals surface area contributed by atoms with E-state index in [9.17, 15) is 31.1 Å². The van der Waals surface area contributed by atoms with Crippen molar-refractivity contribution in [1.82, 2.24) is 0 Å². The average molecular weight is 449 g/mol. The monoisotopic (exact) mass is 449 g/mol. The summed E-state index contributed by atoms with van der Waals surface area (Å²) in [4.78, 5) is 12.2. The van der Waals surface area contributed by atoms with Crippen LogP contribution in [0.25, 0.3) is 0 Å². The van der Waals surface area contributed by atoms with Gasteiger partial charge in [-0.1, -0.05) is 26.0 Å². The number of rotatable bonds is 7. The van der Waals surface area contributed by atoms with Crippen molar-refractivity contribution in [2.24, 2.45) is 0 Å². The molecule has 0 atom stereocenters. The van der Waals surface area contributed by atoms with Crippen LogP contribution in [-0.4, -0.2) is 25.3 Å². The van der Waals surface area contributed by atoms with Gasteiger partial charge >= 0.3 is 12.4 Å². The summed E-state index contributed by atoms with van der Waals surface area (Å²) in [6, 6.07) is 7.25. The van der Waals surface area contributed by atoms with Gasteiger partial charge in [0.2, 0.25) is 0 Å². The van der Waals surface area contributed by atoms with E-state index < -0.39 is 48.5 Å². The normalized spacial score (nSPS) is 12.1. The maximum absolute atomic E-state index is 13.0. The molecule has 0 saturated carbocycles. The van der Waals surface area contributed by atoms with Gasteiger partial charge in [0.15, 0.2) is 13.2 Å². The van der Waals surface area contributed by atoms with Gasteiger partial charge in [-0.2, -0.15) is 26.3 Å². The lowest BCUT2D eigenvalue weighted by Crippen LogP contribution is -2.23. The fraction of sp³-hybridized carbons (Fsp3) is 0.381. The molecule has 31 heavy (non-hydrogen) atoms. The molecule has 170 valence electrons. The van der Waals surface area contributed by atoms with Crippen molar-refractivity contribution >= 4 is 11.6 Å². The number of halogens is 6. The number of anilines is 1. The zero-order chi connectivity index (χ0) is 23.4. The van der Waals surface area contributed by atoms with Crippen LogP contribution in [0.1, 0.15) is 36.5 Å². The van der Waals surface area contributed by atoms with E-state index >= 15 is 0 Å². The van der Waals surface area contributed by atoms with Crippen LogP contribution in [0.4, 0.5) is 32.0 Å². The zero-order valence-corrected chi connectivity index (χ0v) is 16.9. The predicted molar refractivity (Wildman–Crippen MR) is 102 cm³/mol. The van der Waals surface area contributed by atoms with E-state index in [0.29, 0.717) is 17.9 Å². The van der Waals surface area contributed by atoms with Crippen LogP contribution >= 0.6 is 0 Å². The van der Waals surface area contributed by atoms with E-state index in [1.807, 2.05) is 19.9 Å². The van der Waals surface area contributed by atoms with E-state index in [1.54, 1.807) is 19.1 Å². The minimum absolute atomic E-state index is 0.204. The summed E-state index contributed by atoms with van der Waals surface area (Å²) >= 11 is 0. The average Bonchev–Trinajstić information content (AvgIpc) is 2.64. The van der Waals surface area contributed by atoms with Gasteiger partial charge in [0.25, 0.3) is 5.91 Å². The molecule has 1 N–H and O–H groups in total. The minimum atomic E-state index is -4.76. The highest BCUT2D eigenvalue weighted by molar-refractivity contribution is 5.93. The van der Waals surface area contributed by atoms with E-state index in [2.05, 4.69) is 10.1 Å². The van der Waals surface area contributed by atoms with Crippen molar-refractivity contribution in [3.05, 3.63) is 53.1 Å². The number of hydrogen-bond acceptors (Lipinski definition) is 3. The molecule has 2 aromatic carbocycles. The molecule has 0 aliphatic rings. The predicted octanol–water partition coefficient (Wildman–Crippen LogP) is 6.10. The van der Waals surface area contributed by atoms with Gasteiger partial charge < -0.3 is 14.8 Å². The van der Waals surface area contributed by atoms with Gasteiger partial charge in [-0.05, 0) is 48.2 Å². The standard InChI is InChI=1S/C21H21F6NO3/c1-12(2)14-5-4-13(3)18(8-14)30-10-19(29)28-16-9-15(21(25,26)27)6-7-17(16)31-11-20(22,23)24/h4-9,12H,10-11H2,1-3H3,(H,28,29). The molecule has 4 nitrogen and oxygen atoms in total. The van der Waals surface area contributed by atoms with Crippen LogP contribution in [0.2, 0.25) is 0 Å². The third-order valence-corrected chi connectivity index (χ3v) is 4.21. The van der Waals surface area contributed by atoms with E-state index in [-0.39, 0.29) is 5.92 Å². The smallest absolute Gasteiger partial charge is 0.422 e. The second kappa shape index (κ2) is 9.49. The van der Waals surface area contributed by atoms with E-state index in [4.69, 9.17) is 4.74 Å². The second-order valence-corrected chi connectivity index (χ2v) is 7.13. The van der Waals surface area contributed by atoms with Gasteiger partial charge in [0.1, 0.15) is 11.5 Å². The van der Waals surface area contributed by atoms with Crippen LogP contribution in [0.5, 0.6) is 11.5 Å². The topological polar surface area (TPSA) is 47.6 Å². The molecule has 0 fully saturated rings. The molecule has 0 radical (unpaired) electrons. The first-order chi connectivity index (χ1) is 14.3. The highest BCUT2D eigenvalue weighted by Gasteiger charge is 2.33. The fourth-order valence-corrected chi connectivity index (χ4v) is 2.55. The summed E-state index contributed by atoms with van der Waals surface area (Å²) in [6.07, 6.45) is -9.46. The number of amides is 1. The first-order valence-corrected chi connectivity index (χ1v) is 9.20. The maximum Gasteiger partial charge on any atom is 0.422 e. The van der Waals surface area contributed by atoms with Crippen molar-refractivity contribution in [2.75, 3.05) is 18.5 Å². The summed E-state index contributed by atoms with van der Waals surface area (Å²) in [5, 5.41) is 2.13. The fourth-order valence-electron chi connectivity index (χ4n) is 2.55. The molecule has 0 unspecified atom stereocenters. The Morgan fingerprint density at radius 2 is 1.65 bits per heavy atom. The largest absolute Gasteiger partial charge is 0.483 e. The molecule has 1 amide bonds. The highest BCUT2D eigenvalue weighted by atomic mass is 19.4. The Kier molecular flexibility index (Phi) is 7.45. The molecule has 0 bridgehead atoms. The van der Waals surface area contributed by atoms with Gasteiger partial charge in [-0.15, -0.1) is 0 Å². The lowest BCUT2D eigenvalue weighted by molar-refractivity contribution is -0.153. The van der Waals surface area contributed by atoms with Crippen LogP contribution in [0, 0.1) is 6.92 Å².